The van der Waals surface area contributed by atoms with Gasteiger partial charge in [0.1, 0.15) is 16.4 Å². The molecule has 0 fully saturated rings. The number of benzene rings is 2. The van der Waals surface area contributed by atoms with Crippen LogP contribution in [0.4, 0.5) is 0 Å². The number of hydrogen-bond acceptors (Lipinski definition) is 4. The Morgan fingerprint density at radius 2 is 1.96 bits per heavy atom. The highest BCUT2D eigenvalue weighted by atomic mass is 32.1. The third kappa shape index (κ3) is 3.00. The maximum Gasteiger partial charge on any atom is 0.141 e. The molecule has 1 unspecified atom stereocenters. The van der Waals surface area contributed by atoms with Crippen LogP contribution < -0.4 is 4.74 Å². The van der Waals surface area contributed by atoms with E-state index < -0.39 is 5.60 Å². The second-order valence-electron chi connectivity index (χ2n) is 5.40. The summed E-state index contributed by atoms with van der Waals surface area (Å²) in [6.07, 6.45) is 3.07. The number of rotatable bonds is 6. The number of fused-ring (bicyclic) bond motifs is 1. The van der Waals surface area contributed by atoms with Gasteiger partial charge in [-0.3, -0.25) is 0 Å². The van der Waals surface area contributed by atoms with Gasteiger partial charge in [-0.2, -0.15) is 0 Å². The first-order valence-corrected chi connectivity index (χ1v) is 8.33. The van der Waals surface area contributed by atoms with Crippen molar-refractivity contribution in [1.29, 1.82) is 0 Å². The van der Waals surface area contributed by atoms with Crippen LogP contribution in [0.25, 0.3) is 10.2 Å². The van der Waals surface area contributed by atoms with E-state index >= 15 is 0 Å². The molecule has 1 aromatic heterocycles. The van der Waals surface area contributed by atoms with Gasteiger partial charge in [-0.1, -0.05) is 30.3 Å². The van der Waals surface area contributed by atoms with Gasteiger partial charge in [0, 0.05) is 0 Å². The lowest BCUT2D eigenvalue weighted by Crippen LogP contribution is -2.27. The van der Waals surface area contributed by atoms with Crippen molar-refractivity contribution >= 4 is 21.6 Å². The SMILES string of the molecule is C=CCCC(O)(c1ccc(OC)cc1)c1nc2ccccc2s1. The molecule has 4 heteroatoms. The number of aliphatic hydroxyl groups is 1. The van der Waals surface area contributed by atoms with Gasteiger partial charge in [0.25, 0.3) is 0 Å². The molecule has 118 valence electrons. The van der Waals surface area contributed by atoms with E-state index in [1.54, 1.807) is 7.11 Å². The van der Waals surface area contributed by atoms with Gasteiger partial charge in [0.2, 0.25) is 0 Å². The molecule has 3 aromatic rings. The van der Waals surface area contributed by atoms with Crippen LogP contribution >= 0.6 is 11.3 Å². The number of allylic oxidation sites excluding steroid dienone is 1. The van der Waals surface area contributed by atoms with Crippen LogP contribution in [-0.2, 0) is 5.60 Å². The fourth-order valence-corrected chi connectivity index (χ4v) is 3.71. The van der Waals surface area contributed by atoms with Gasteiger partial charge >= 0.3 is 0 Å². The molecule has 0 aliphatic rings. The second-order valence-corrected chi connectivity index (χ2v) is 6.43. The van der Waals surface area contributed by atoms with Gasteiger partial charge in [0.05, 0.1) is 17.3 Å². The first kappa shape index (κ1) is 15.7. The van der Waals surface area contributed by atoms with Crippen LogP contribution in [0.3, 0.4) is 0 Å². The van der Waals surface area contributed by atoms with Gasteiger partial charge in [-0.15, -0.1) is 17.9 Å². The predicted molar refractivity (Wildman–Crippen MR) is 95.0 cm³/mol. The van der Waals surface area contributed by atoms with E-state index in [0.29, 0.717) is 17.8 Å². The van der Waals surface area contributed by atoms with Crippen molar-refractivity contribution in [2.45, 2.75) is 18.4 Å². The summed E-state index contributed by atoms with van der Waals surface area (Å²) in [5.41, 5.74) is 0.613. The standard InChI is InChI=1S/C19H19NO2S/c1-3-4-13-19(21,14-9-11-15(22-2)12-10-14)18-20-16-7-5-6-8-17(16)23-18/h3,5-12,21H,1,4,13H2,2H3. The highest BCUT2D eigenvalue weighted by molar-refractivity contribution is 7.18. The summed E-state index contributed by atoms with van der Waals surface area (Å²) in [5, 5.41) is 12.1. The molecule has 3 rings (SSSR count). The van der Waals surface area contributed by atoms with Crippen molar-refractivity contribution in [2.75, 3.05) is 7.11 Å². The van der Waals surface area contributed by atoms with Crippen LogP contribution in [0.1, 0.15) is 23.4 Å². The second kappa shape index (κ2) is 6.52. The first-order valence-electron chi connectivity index (χ1n) is 7.51. The number of nitrogens with zero attached hydrogens (tertiary/aromatic N) is 1. The minimum atomic E-state index is -1.12. The maximum absolute atomic E-state index is 11.4. The smallest absolute Gasteiger partial charge is 0.141 e. The molecule has 0 saturated carbocycles. The Hall–Kier alpha value is -2.17. The Bertz CT molecular complexity index is 777. The Kier molecular flexibility index (Phi) is 4.46. The van der Waals surface area contributed by atoms with Crippen LogP contribution in [0.15, 0.2) is 61.2 Å². The van der Waals surface area contributed by atoms with Gasteiger partial charge in [-0.05, 0) is 42.7 Å². The maximum atomic E-state index is 11.4. The summed E-state index contributed by atoms with van der Waals surface area (Å²) in [4.78, 5) is 4.66. The van der Waals surface area contributed by atoms with E-state index in [2.05, 4.69) is 11.6 Å². The zero-order valence-electron chi connectivity index (χ0n) is 13.0. The third-order valence-electron chi connectivity index (χ3n) is 3.93. The van der Waals surface area contributed by atoms with E-state index in [4.69, 9.17) is 4.74 Å². The largest absolute Gasteiger partial charge is 0.497 e. The number of hydrogen-bond donors (Lipinski definition) is 1. The monoisotopic (exact) mass is 325 g/mol. The number of methoxy groups -OCH3 is 1. The van der Waals surface area contributed by atoms with Crippen LogP contribution in [-0.4, -0.2) is 17.2 Å². The lowest BCUT2D eigenvalue weighted by atomic mass is 9.89. The summed E-state index contributed by atoms with van der Waals surface area (Å²) < 4.78 is 6.28. The van der Waals surface area contributed by atoms with Crippen molar-refractivity contribution in [3.63, 3.8) is 0 Å². The molecule has 1 atom stereocenters. The molecule has 0 saturated heterocycles. The Morgan fingerprint density at radius 3 is 2.61 bits per heavy atom. The average Bonchev–Trinajstić information content (AvgIpc) is 3.04. The molecule has 3 nitrogen and oxygen atoms in total. The molecule has 1 N–H and O–H groups in total. The summed E-state index contributed by atoms with van der Waals surface area (Å²) in [5.74, 6) is 0.768. The van der Waals surface area contributed by atoms with Crippen molar-refractivity contribution in [3.8, 4) is 5.75 Å². The van der Waals surface area contributed by atoms with Crippen molar-refractivity contribution in [1.82, 2.24) is 4.98 Å². The van der Waals surface area contributed by atoms with Gasteiger partial charge in [0.15, 0.2) is 0 Å². The molecular formula is C19H19NO2S. The molecule has 1 heterocycles. The topological polar surface area (TPSA) is 42.4 Å². The Labute approximate surface area is 139 Å². The highest BCUT2D eigenvalue weighted by Gasteiger charge is 2.34. The summed E-state index contributed by atoms with van der Waals surface area (Å²) >= 11 is 1.53. The van der Waals surface area contributed by atoms with Crippen molar-refractivity contribution < 1.29 is 9.84 Å². The number of aromatic nitrogens is 1. The van der Waals surface area contributed by atoms with Crippen molar-refractivity contribution in [2.24, 2.45) is 0 Å². The zero-order valence-corrected chi connectivity index (χ0v) is 13.8. The molecular weight excluding hydrogens is 306 g/mol. The Balaban J connectivity index is 2.08. The van der Waals surface area contributed by atoms with E-state index in [1.165, 1.54) is 11.3 Å². The van der Waals surface area contributed by atoms with E-state index in [1.807, 2.05) is 54.6 Å². The first-order chi connectivity index (χ1) is 11.2. The fraction of sp³-hybridized carbons (Fsp3) is 0.211. The van der Waals surface area contributed by atoms with Crippen LogP contribution in [0.5, 0.6) is 5.75 Å². The van der Waals surface area contributed by atoms with E-state index in [9.17, 15) is 5.11 Å². The van der Waals surface area contributed by atoms with Crippen molar-refractivity contribution in [3.05, 3.63) is 71.8 Å². The van der Waals surface area contributed by atoms with E-state index in [-0.39, 0.29) is 0 Å². The molecule has 0 spiro atoms. The van der Waals surface area contributed by atoms with E-state index in [0.717, 1.165) is 21.5 Å². The molecule has 0 aliphatic heterocycles. The lowest BCUT2D eigenvalue weighted by molar-refractivity contribution is 0.0720. The molecule has 0 amide bonds. The molecule has 0 radical (unpaired) electrons. The number of thiazole rings is 1. The minimum Gasteiger partial charge on any atom is -0.497 e. The zero-order chi connectivity index (χ0) is 16.3. The number of para-hydroxylation sites is 1. The molecule has 0 aliphatic carbocycles. The Morgan fingerprint density at radius 1 is 1.22 bits per heavy atom. The van der Waals surface area contributed by atoms with Gasteiger partial charge in [-0.25, -0.2) is 4.98 Å². The summed E-state index contributed by atoms with van der Waals surface area (Å²) in [6, 6.07) is 15.5. The van der Waals surface area contributed by atoms with Crippen LogP contribution in [0.2, 0.25) is 0 Å². The normalized spacial score (nSPS) is 13.7. The molecule has 23 heavy (non-hydrogen) atoms. The molecule has 0 bridgehead atoms. The number of ether oxygens (including phenoxy) is 1. The molecule has 2 aromatic carbocycles. The lowest BCUT2D eigenvalue weighted by Gasteiger charge is -2.26. The van der Waals surface area contributed by atoms with Gasteiger partial charge < -0.3 is 9.84 Å². The summed E-state index contributed by atoms with van der Waals surface area (Å²) in [7, 11) is 1.63. The predicted octanol–water partition coefficient (Wildman–Crippen LogP) is 4.51. The third-order valence-corrected chi connectivity index (χ3v) is 5.11. The average molecular weight is 325 g/mol. The summed E-state index contributed by atoms with van der Waals surface area (Å²) in [6.45, 7) is 3.77. The highest BCUT2D eigenvalue weighted by Crippen LogP contribution is 2.39. The fourth-order valence-electron chi connectivity index (χ4n) is 2.60. The minimum absolute atomic E-state index is 0.544. The quantitative estimate of drug-likeness (QED) is 0.678. The van der Waals surface area contributed by atoms with Crippen LogP contribution in [0, 0.1) is 0 Å².